The molecule has 0 aliphatic heterocycles. The maximum Gasteiger partial charge on any atom is 0.339 e. The lowest BCUT2D eigenvalue weighted by atomic mass is 9.73. The van der Waals surface area contributed by atoms with E-state index in [1.165, 1.54) is 30.1 Å². The Morgan fingerprint density at radius 3 is 1.65 bits per heavy atom. The molecule has 2 aliphatic rings. The summed E-state index contributed by atoms with van der Waals surface area (Å²) in [6.07, 6.45) is 15.8. The number of carboxylic acids is 1. The zero-order valence-corrected chi connectivity index (χ0v) is 32.0. The van der Waals surface area contributed by atoms with Crippen molar-refractivity contribution >= 4 is 13.8 Å². The molecular weight excluding hydrogens is 635 g/mol. The van der Waals surface area contributed by atoms with Crippen LogP contribution < -0.4 is 0 Å². The summed E-state index contributed by atoms with van der Waals surface area (Å²) in [6.45, 7) is 20.5. The first-order valence-corrected chi connectivity index (χ1v) is 18.6. The monoisotopic (exact) mass is 699 g/mol. The lowest BCUT2D eigenvalue weighted by Gasteiger charge is -2.32. The summed E-state index contributed by atoms with van der Waals surface area (Å²) in [5.41, 5.74) is 6.99. The SMILES string of the molecule is C=C(C)C1CCC(C)=CC1c1c(O)cc(CCCCC)c(C(=O)O)c1O.C=C(C)C1CCC(C)=CC1c1c(O)cc(CCCCC)cc1O.[2H]C[B]. The van der Waals surface area contributed by atoms with Crippen LogP contribution in [0.1, 0.15) is 152 Å². The van der Waals surface area contributed by atoms with Gasteiger partial charge in [0.05, 0.1) is 7.85 Å². The van der Waals surface area contributed by atoms with E-state index in [-0.39, 0.29) is 59.0 Å². The first-order chi connectivity index (χ1) is 24.6. The van der Waals surface area contributed by atoms with Gasteiger partial charge in [0.15, 0.2) is 0 Å². The number of aromatic carboxylic acids is 1. The number of rotatable bonds is 13. The van der Waals surface area contributed by atoms with Gasteiger partial charge in [-0.15, -0.1) is 0 Å². The fraction of sp³-hybridized carbons (Fsp3) is 0.523. The first-order valence-electron chi connectivity index (χ1n) is 19.3. The van der Waals surface area contributed by atoms with Gasteiger partial charge in [-0.2, -0.15) is 0 Å². The van der Waals surface area contributed by atoms with E-state index in [9.17, 15) is 30.3 Å². The standard InChI is InChI=1S/C22H30O4.C21H30O2.CH3B/c1-5-6-7-8-15-12-18(23)20(21(24)19(15)22(25)26)17-11-14(4)9-10-16(17)13(2)3;1-5-6-7-8-16-12-19(22)21(20(23)13-16)18-11-15(4)9-10-17(18)14(2)3;1-2/h11-12,16-17,23-24H,2,5-10H2,1,3-4H3,(H,25,26);11-13,17-18,22-23H,2,5-10H2,1,3-4H3;1H3/i;;1D. The normalized spacial score (nSPS) is 20.0. The van der Waals surface area contributed by atoms with Gasteiger partial charge in [-0.1, -0.05) is 93.9 Å². The number of unbranched alkanes of at least 4 members (excludes halogenated alkanes) is 4. The number of phenols is 4. The lowest BCUT2D eigenvalue weighted by Crippen LogP contribution is -2.18. The van der Waals surface area contributed by atoms with Gasteiger partial charge < -0.3 is 25.5 Å². The highest BCUT2D eigenvalue weighted by Gasteiger charge is 2.33. The van der Waals surface area contributed by atoms with Crippen LogP contribution in [0.3, 0.4) is 0 Å². The van der Waals surface area contributed by atoms with Crippen molar-refractivity contribution in [2.75, 3.05) is 0 Å². The Balaban J connectivity index is 0.000000337. The summed E-state index contributed by atoms with van der Waals surface area (Å²) >= 11 is 0. The maximum atomic E-state index is 11.8. The van der Waals surface area contributed by atoms with Crippen LogP contribution in [0.25, 0.3) is 0 Å². The van der Waals surface area contributed by atoms with Gasteiger partial charge in [-0.25, -0.2) is 4.79 Å². The molecule has 278 valence electrons. The van der Waals surface area contributed by atoms with E-state index in [0.29, 0.717) is 23.1 Å². The molecule has 51 heavy (non-hydrogen) atoms. The average molecular weight is 700 g/mol. The number of aryl methyl sites for hydroxylation is 2. The number of allylic oxidation sites excluding steroid dienone is 6. The first kappa shape index (κ1) is 41.6. The molecule has 0 spiro atoms. The topological polar surface area (TPSA) is 118 Å². The molecule has 2 aromatic rings. The van der Waals surface area contributed by atoms with E-state index in [0.717, 1.165) is 74.5 Å². The Kier molecular flexibility index (Phi) is 17.0. The van der Waals surface area contributed by atoms with Crippen LogP contribution in [0.15, 0.2) is 65.8 Å². The second-order valence-electron chi connectivity index (χ2n) is 14.5. The highest BCUT2D eigenvalue weighted by atomic mass is 16.4. The van der Waals surface area contributed by atoms with E-state index in [2.05, 4.69) is 47.9 Å². The van der Waals surface area contributed by atoms with Crippen LogP contribution in [-0.4, -0.2) is 39.3 Å². The van der Waals surface area contributed by atoms with E-state index in [1.807, 2.05) is 39.0 Å². The predicted octanol–water partition coefficient (Wildman–Crippen LogP) is 11.6. The van der Waals surface area contributed by atoms with Crippen molar-refractivity contribution in [3.63, 3.8) is 0 Å². The van der Waals surface area contributed by atoms with Crippen molar-refractivity contribution in [3.05, 3.63) is 93.6 Å². The minimum Gasteiger partial charge on any atom is -0.507 e. The second-order valence-corrected chi connectivity index (χ2v) is 14.5. The highest BCUT2D eigenvalue weighted by Crippen LogP contribution is 2.49. The second kappa shape index (κ2) is 20.9. The summed E-state index contributed by atoms with van der Waals surface area (Å²) in [5, 5.41) is 52.2. The third-order valence-electron chi connectivity index (χ3n) is 10.4. The Labute approximate surface area is 310 Å². The zero-order chi connectivity index (χ0) is 39.1. The smallest absolute Gasteiger partial charge is 0.339 e. The maximum absolute atomic E-state index is 11.8. The van der Waals surface area contributed by atoms with Gasteiger partial charge in [-0.3, -0.25) is 0 Å². The van der Waals surface area contributed by atoms with Crippen molar-refractivity contribution < 1.29 is 31.7 Å². The minimum absolute atomic E-state index is 0. The van der Waals surface area contributed by atoms with Gasteiger partial charge >= 0.3 is 5.97 Å². The number of phenolic OH excluding ortho intramolecular Hbond substituents is 3. The Morgan fingerprint density at radius 1 is 0.784 bits per heavy atom. The fourth-order valence-electron chi connectivity index (χ4n) is 7.61. The van der Waals surface area contributed by atoms with Crippen LogP contribution in [-0.2, 0) is 12.8 Å². The Bertz CT molecular complexity index is 1570. The number of carbonyl (C=O) groups is 1. The molecule has 0 saturated heterocycles. The molecule has 2 aliphatic carbocycles. The van der Waals surface area contributed by atoms with Crippen LogP contribution >= 0.6 is 0 Å². The molecular formula is C44H63BO6. The van der Waals surface area contributed by atoms with Crippen LogP contribution in [0.4, 0.5) is 0 Å². The molecule has 2 radical (unpaired) electrons. The number of hydrogen-bond acceptors (Lipinski definition) is 5. The molecule has 5 N–H and O–H groups in total. The number of benzene rings is 2. The van der Waals surface area contributed by atoms with Gasteiger partial charge in [-0.05, 0) is 120 Å². The molecule has 4 unspecified atom stereocenters. The summed E-state index contributed by atoms with van der Waals surface area (Å²) in [6, 6.07) is 5.19. The molecule has 7 heteroatoms. The third-order valence-corrected chi connectivity index (χ3v) is 10.4. The van der Waals surface area contributed by atoms with Crippen LogP contribution in [0.5, 0.6) is 23.0 Å². The average Bonchev–Trinajstić information content (AvgIpc) is 3.05. The van der Waals surface area contributed by atoms with Gasteiger partial charge in [0.25, 0.3) is 0 Å². The molecule has 0 fully saturated rings. The largest absolute Gasteiger partial charge is 0.507 e. The van der Waals surface area contributed by atoms with E-state index in [1.54, 1.807) is 0 Å². The van der Waals surface area contributed by atoms with Crippen molar-refractivity contribution in [1.29, 1.82) is 0 Å². The molecule has 0 heterocycles. The molecule has 2 aromatic carbocycles. The lowest BCUT2D eigenvalue weighted by molar-refractivity contribution is 0.0692. The molecule has 0 saturated carbocycles. The van der Waals surface area contributed by atoms with Crippen molar-refractivity contribution in [2.45, 2.75) is 137 Å². The molecule has 6 nitrogen and oxygen atoms in total. The molecule has 0 aromatic heterocycles. The quantitative estimate of drug-likeness (QED) is 0.0807. The van der Waals surface area contributed by atoms with E-state index >= 15 is 0 Å². The number of hydrogen-bond donors (Lipinski definition) is 5. The van der Waals surface area contributed by atoms with Crippen LogP contribution in [0, 0.1) is 11.8 Å². The number of aromatic hydroxyl groups is 4. The summed E-state index contributed by atoms with van der Waals surface area (Å²) in [4.78, 5) is 11.8. The van der Waals surface area contributed by atoms with E-state index < -0.39 is 5.97 Å². The van der Waals surface area contributed by atoms with Gasteiger partial charge in [0, 0.05) is 24.3 Å². The molecule has 0 bridgehead atoms. The number of carboxylic acid groups (broad SMARTS) is 1. The van der Waals surface area contributed by atoms with Crippen molar-refractivity contribution in [1.82, 2.24) is 0 Å². The van der Waals surface area contributed by atoms with Crippen molar-refractivity contribution in [3.8, 4) is 23.0 Å². The zero-order valence-electron chi connectivity index (χ0n) is 33.0. The van der Waals surface area contributed by atoms with E-state index in [4.69, 9.17) is 1.37 Å². The third kappa shape index (κ3) is 11.6. The van der Waals surface area contributed by atoms with Gasteiger partial charge in [0.2, 0.25) is 0 Å². The van der Waals surface area contributed by atoms with Crippen molar-refractivity contribution in [2.24, 2.45) is 11.8 Å². The minimum atomic E-state index is -1.15. The molecule has 0 amide bonds. The summed E-state index contributed by atoms with van der Waals surface area (Å²) in [5.74, 6) is -0.928. The Hall–Kier alpha value is -3.87. The van der Waals surface area contributed by atoms with Gasteiger partial charge in [0.1, 0.15) is 28.6 Å². The summed E-state index contributed by atoms with van der Waals surface area (Å²) < 4.78 is 5.99. The summed E-state index contributed by atoms with van der Waals surface area (Å²) in [7, 11) is 4.51. The highest BCUT2D eigenvalue weighted by molar-refractivity contribution is 6.05. The predicted molar refractivity (Wildman–Crippen MR) is 213 cm³/mol. The fourth-order valence-corrected chi connectivity index (χ4v) is 7.61. The Morgan fingerprint density at radius 2 is 1.22 bits per heavy atom. The van der Waals surface area contributed by atoms with Crippen LogP contribution in [0.2, 0.25) is 6.80 Å². The molecule has 4 rings (SSSR count). The molecule has 4 atom stereocenters.